The van der Waals surface area contributed by atoms with Gasteiger partial charge in [0.25, 0.3) is 0 Å². The predicted octanol–water partition coefficient (Wildman–Crippen LogP) is 1.66. The van der Waals surface area contributed by atoms with Crippen LogP contribution in [0.5, 0.6) is 0 Å². The Morgan fingerprint density at radius 3 is 2.76 bits per heavy atom. The van der Waals surface area contributed by atoms with Crippen molar-refractivity contribution in [2.24, 2.45) is 0 Å². The van der Waals surface area contributed by atoms with Crippen molar-refractivity contribution in [1.29, 1.82) is 5.26 Å². The monoisotopic (exact) mass is 226 g/mol. The lowest BCUT2D eigenvalue weighted by molar-refractivity contribution is 0.522. The fraction of sp³-hybridized carbons (Fsp3) is 0.231. The van der Waals surface area contributed by atoms with Gasteiger partial charge in [-0.15, -0.1) is 0 Å². The van der Waals surface area contributed by atoms with Gasteiger partial charge in [-0.1, -0.05) is 30.3 Å². The van der Waals surface area contributed by atoms with Crippen molar-refractivity contribution in [3.63, 3.8) is 0 Å². The maximum atomic E-state index is 8.86. The molecule has 1 aromatic heterocycles. The van der Waals surface area contributed by atoms with E-state index in [1.807, 2.05) is 42.7 Å². The summed E-state index contributed by atoms with van der Waals surface area (Å²) in [6, 6.07) is 12.0. The lowest BCUT2D eigenvalue weighted by Gasteiger charge is -2.06. The third-order valence-corrected chi connectivity index (χ3v) is 2.61. The topological polar surface area (TPSA) is 53.6 Å². The molecule has 1 unspecified atom stereocenters. The lowest BCUT2D eigenvalue weighted by atomic mass is 10.1. The van der Waals surface area contributed by atoms with Crippen molar-refractivity contribution < 1.29 is 0 Å². The molecule has 4 nitrogen and oxygen atoms in total. The molecular weight excluding hydrogens is 212 g/mol. The summed E-state index contributed by atoms with van der Waals surface area (Å²) in [7, 11) is 1.77. The second-order valence-corrected chi connectivity index (χ2v) is 3.79. The molecule has 1 N–H and O–H groups in total. The highest BCUT2D eigenvalue weighted by molar-refractivity contribution is 5.61. The highest BCUT2D eigenvalue weighted by atomic mass is 15.3. The van der Waals surface area contributed by atoms with Crippen LogP contribution in [0.4, 0.5) is 0 Å². The number of rotatable bonds is 4. The standard InChI is InChI=1S/C13H14N4/c1-15-13(7-14)10-17-9-12(8-16-17)11-5-3-2-4-6-11/h2-6,8-9,13,15H,10H2,1H3. The average molecular weight is 226 g/mol. The number of hydrogen-bond acceptors (Lipinski definition) is 3. The van der Waals surface area contributed by atoms with Crippen molar-refractivity contribution >= 4 is 0 Å². The van der Waals surface area contributed by atoms with Gasteiger partial charge in [-0.2, -0.15) is 10.4 Å². The van der Waals surface area contributed by atoms with Crippen LogP contribution in [-0.2, 0) is 6.54 Å². The first-order valence-corrected chi connectivity index (χ1v) is 5.48. The van der Waals surface area contributed by atoms with Crippen LogP contribution in [0, 0.1) is 11.3 Å². The number of aromatic nitrogens is 2. The van der Waals surface area contributed by atoms with E-state index in [4.69, 9.17) is 5.26 Å². The van der Waals surface area contributed by atoms with E-state index >= 15 is 0 Å². The molecule has 4 heteroatoms. The predicted molar refractivity (Wildman–Crippen MR) is 66.1 cm³/mol. The molecule has 1 atom stereocenters. The molecule has 0 bridgehead atoms. The molecule has 0 amide bonds. The zero-order valence-electron chi connectivity index (χ0n) is 9.67. The van der Waals surface area contributed by atoms with Gasteiger partial charge >= 0.3 is 0 Å². The van der Waals surface area contributed by atoms with Crippen molar-refractivity contribution in [3.8, 4) is 17.2 Å². The SMILES string of the molecule is CNC(C#N)Cn1cc(-c2ccccc2)cn1. The maximum Gasteiger partial charge on any atom is 0.115 e. The van der Waals surface area contributed by atoms with Gasteiger partial charge in [0.05, 0.1) is 18.8 Å². The summed E-state index contributed by atoms with van der Waals surface area (Å²) in [6.45, 7) is 0.555. The van der Waals surface area contributed by atoms with Gasteiger partial charge in [-0.25, -0.2) is 0 Å². The van der Waals surface area contributed by atoms with Crippen molar-refractivity contribution in [3.05, 3.63) is 42.7 Å². The van der Waals surface area contributed by atoms with Crippen LogP contribution >= 0.6 is 0 Å². The maximum absolute atomic E-state index is 8.86. The van der Waals surface area contributed by atoms with Gasteiger partial charge in [0.1, 0.15) is 6.04 Å². The van der Waals surface area contributed by atoms with E-state index in [0.29, 0.717) is 6.54 Å². The Morgan fingerprint density at radius 2 is 2.12 bits per heavy atom. The first-order valence-electron chi connectivity index (χ1n) is 5.48. The van der Waals surface area contributed by atoms with E-state index < -0.39 is 0 Å². The Bertz CT molecular complexity index is 510. The van der Waals surface area contributed by atoms with Crippen LogP contribution in [0.15, 0.2) is 42.7 Å². The fourth-order valence-corrected chi connectivity index (χ4v) is 1.63. The first kappa shape index (κ1) is 11.4. The first-order chi connectivity index (χ1) is 8.33. The van der Waals surface area contributed by atoms with Gasteiger partial charge in [0.15, 0.2) is 0 Å². The molecular formula is C13H14N4. The normalized spacial score (nSPS) is 12.0. The molecule has 0 aliphatic heterocycles. The van der Waals surface area contributed by atoms with Crippen molar-refractivity contribution in [1.82, 2.24) is 15.1 Å². The molecule has 0 saturated heterocycles. The molecule has 17 heavy (non-hydrogen) atoms. The Balaban J connectivity index is 2.14. The molecule has 0 aliphatic rings. The molecule has 2 rings (SSSR count). The van der Waals surface area contributed by atoms with Gasteiger partial charge < -0.3 is 5.32 Å². The quantitative estimate of drug-likeness (QED) is 0.862. The summed E-state index contributed by atoms with van der Waals surface area (Å²) in [4.78, 5) is 0. The van der Waals surface area contributed by atoms with E-state index in [2.05, 4.69) is 16.5 Å². The number of benzene rings is 1. The van der Waals surface area contributed by atoms with Crippen LogP contribution < -0.4 is 5.32 Å². The van der Waals surface area contributed by atoms with E-state index in [9.17, 15) is 0 Å². The Morgan fingerprint density at radius 1 is 1.35 bits per heavy atom. The Hall–Kier alpha value is -2.12. The van der Waals surface area contributed by atoms with Crippen LogP contribution in [0.25, 0.3) is 11.1 Å². The Kier molecular flexibility index (Phi) is 3.53. The molecule has 0 spiro atoms. The number of nitrogens with zero attached hydrogens (tertiary/aromatic N) is 3. The van der Waals surface area contributed by atoms with E-state index in [1.54, 1.807) is 11.7 Å². The zero-order chi connectivity index (χ0) is 12.1. The van der Waals surface area contributed by atoms with E-state index in [1.165, 1.54) is 0 Å². The minimum absolute atomic E-state index is 0.210. The highest BCUT2D eigenvalue weighted by Gasteiger charge is 2.06. The number of hydrogen-bond donors (Lipinski definition) is 1. The molecule has 0 radical (unpaired) electrons. The molecule has 2 aromatic rings. The van der Waals surface area contributed by atoms with Gasteiger partial charge in [0, 0.05) is 11.8 Å². The Labute approximate surface area is 100 Å². The minimum atomic E-state index is -0.210. The smallest absolute Gasteiger partial charge is 0.115 e. The number of nitrogens with one attached hydrogen (secondary N) is 1. The highest BCUT2D eigenvalue weighted by Crippen LogP contribution is 2.17. The van der Waals surface area contributed by atoms with Crippen molar-refractivity contribution in [2.45, 2.75) is 12.6 Å². The van der Waals surface area contributed by atoms with E-state index in [-0.39, 0.29) is 6.04 Å². The second kappa shape index (κ2) is 5.28. The van der Waals surface area contributed by atoms with Gasteiger partial charge in [0.2, 0.25) is 0 Å². The van der Waals surface area contributed by atoms with Gasteiger partial charge in [-0.3, -0.25) is 4.68 Å². The fourth-order valence-electron chi connectivity index (χ4n) is 1.63. The van der Waals surface area contributed by atoms with Crippen LogP contribution in [-0.4, -0.2) is 22.9 Å². The van der Waals surface area contributed by atoms with Crippen LogP contribution in [0.1, 0.15) is 0 Å². The van der Waals surface area contributed by atoms with Crippen LogP contribution in [0.3, 0.4) is 0 Å². The summed E-state index contributed by atoms with van der Waals surface area (Å²) in [5, 5.41) is 16.0. The molecule has 0 aliphatic carbocycles. The molecule has 0 saturated carbocycles. The molecule has 0 fully saturated rings. The van der Waals surface area contributed by atoms with Crippen molar-refractivity contribution in [2.75, 3.05) is 7.05 Å². The third-order valence-electron chi connectivity index (χ3n) is 2.61. The largest absolute Gasteiger partial charge is 0.303 e. The second-order valence-electron chi connectivity index (χ2n) is 3.79. The minimum Gasteiger partial charge on any atom is -0.303 e. The van der Waals surface area contributed by atoms with Gasteiger partial charge in [-0.05, 0) is 12.6 Å². The summed E-state index contributed by atoms with van der Waals surface area (Å²) in [5.74, 6) is 0. The number of nitriles is 1. The van der Waals surface area contributed by atoms with E-state index in [0.717, 1.165) is 11.1 Å². The number of likely N-dealkylation sites (N-methyl/N-ethyl adjacent to an activating group) is 1. The zero-order valence-corrected chi connectivity index (χ0v) is 9.67. The molecule has 86 valence electrons. The summed E-state index contributed by atoms with van der Waals surface area (Å²) in [6.07, 6.45) is 3.77. The average Bonchev–Trinajstić information content (AvgIpc) is 2.85. The summed E-state index contributed by atoms with van der Waals surface area (Å²) < 4.78 is 1.78. The summed E-state index contributed by atoms with van der Waals surface area (Å²) >= 11 is 0. The third kappa shape index (κ3) is 2.71. The molecule has 1 aromatic carbocycles. The van der Waals surface area contributed by atoms with Crippen LogP contribution in [0.2, 0.25) is 0 Å². The summed E-state index contributed by atoms with van der Waals surface area (Å²) in [5.41, 5.74) is 2.20. The molecule has 1 heterocycles. The lowest BCUT2D eigenvalue weighted by Crippen LogP contribution is -2.28.